The van der Waals surface area contributed by atoms with E-state index in [-0.39, 0.29) is 6.04 Å². The predicted molar refractivity (Wildman–Crippen MR) is 34.7 cm³/mol. The highest BCUT2D eigenvalue weighted by Crippen LogP contribution is 1.99. The van der Waals surface area contributed by atoms with Gasteiger partial charge in [-0.2, -0.15) is 4.91 Å². The number of nitroso groups, excluding NO2 is 1. The van der Waals surface area contributed by atoms with Gasteiger partial charge in [0.1, 0.15) is 0 Å². The van der Waals surface area contributed by atoms with Gasteiger partial charge in [-0.25, -0.2) is 0 Å². The van der Waals surface area contributed by atoms with Gasteiger partial charge in [0.2, 0.25) is 0 Å². The Bertz CT molecular complexity index is 80.6. The van der Waals surface area contributed by atoms with E-state index < -0.39 is 0 Å². The molecule has 0 radical (unpaired) electrons. The van der Waals surface area contributed by atoms with Crippen molar-refractivity contribution in [3.63, 3.8) is 0 Å². The summed E-state index contributed by atoms with van der Waals surface area (Å²) in [6.07, 6.45) is 3.50. The zero-order chi connectivity index (χ0) is 6.41. The Morgan fingerprint density at radius 2 is 2.50 bits per heavy atom. The summed E-state index contributed by atoms with van der Waals surface area (Å²) in [5, 5.41) is 2.83. The van der Waals surface area contributed by atoms with Gasteiger partial charge in [0.15, 0.2) is 0 Å². The number of allylic oxidation sites excluding steroid dienone is 1. The van der Waals surface area contributed by atoms with Gasteiger partial charge < -0.3 is 0 Å². The van der Waals surface area contributed by atoms with Gasteiger partial charge >= 0.3 is 0 Å². The first-order valence-electron chi connectivity index (χ1n) is 2.74. The second-order valence-electron chi connectivity index (χ2n) is 1.82. The lowest BCUT2D eigenvalue weighted by atomic mass is 10.2. The third-order valence-electron chi connectivity index (χ3n) is 0.969. The van der Waals surface area contributed by atoms with Crippen LogP contribution in [0.5, 0.6) is 0 Å². The van der Waals surface area contributed by atoms with Gasteiger partial charge in [0.25, 0.3) is 0 Å². The second kappa shape index (κ2) is 4.50. The molecule has 0 aliphatic heterocycles. The quantitative estimate of drug-likeness (QED) is 0.405. The van der Waals surface area contributed by atoms with Crippen LogP contribution < -0.4 is 0 Å². The van der Waals surface area contributed by atoms with Crippen LogP contribution in [0.15, 0.2) is 17.8 Å². The summed E-state index contributed by atoms with van der Waals surface area (Å²) in [5.41, 5.74) is 0. The minimum Gasteiger partial charge on any atom is -0.151 e. The first kappa shape index (κ1) is 7.34. The van der Waals surface area contributed by atoms with Crippen molar-refractivity contribution in [2.24, 2.45) is 5.18 Å². The van der Waals surface area contributed by atoms with Gasteiger partial charge in [-0.15, -0.1) is 6.58 Å². The smallest absolute Gasteiger partial charge is 0.0894 e. The number of rotatable bonds is 4. The number of hydrogen-bond acceptors (Lipinski definition) is 2. The van der Waals surface area contributed by atoms with Crippen molar-refractivity contribution in [3.05, 3.63) is 17.6 Å². The van der Waals surface area contributed by atoms with E-state index >= 15 is 0 Å². The highest BCUT2D eigenvalue weighted by Gasteiger charge is 1.95. The molecule has 1 unspecified atom stereocenters. The third-order valence-corrected chi connectivity index (χ3v) is 0.969. The topological polar surface area (TPSA) is 29.4 Å². The van der Waals surface area contributed by atoms with Crippen molar-refractivity contribution < 1.29 is 0 Å². The summed E-state index contributed by atoms with van der Waals surface area (Å²) in [6, 6.07) is -0.0481. The maximum Gasteiger partial charge on any atom is 0.0894 e. The molecular formula is C6H11NO. The zero-order valence-corrected chi connectivity index (χ0v) is 5.13. The molecule has 0 heterocycles. The van der Waals surface area contributed by atoms with Crippen LogP contribution in [0.25, 0.3) is 0 Å². The Hall–Kier alpha value is -0.660. The molecule has 0 aromatic rings. The Balaban J connectivity index is 3.09. The highest BCUT2D eigenvalue weighted by molar-refractivity contribution is 4.70. The van der Waals surface area contributed by atoms with Gasteiger partial charge in [-0.3, -0.25) is 0 Å². The Morgan fingerprint density at radius 1 is 1.88 bits per heavy atom. The lowest BCUT2D eigenvalue weighted by molar-refractivity contribution is 0.674. The number of nitrogens with zero attached hydrogens (tertiary/aromatic N) is 1. The van der Waals surface area contributed by atoms with Gasteiger partial charge in [0, 0.05) is 0 Å². The third kappa shape index (κ3) is 3.53. The first-order chi connectivity index (χ1) is 3.81. The predicted octanol–water partition coefficient (Wildman–Crippen LogP) is 2.11. The van der Waals surface area contributed by atoms with Crippen molar-refractivity contribution in [3.8, 4) is 0 Å². The van der Waals surface area contributed by atoms with Crippen LogP contribution in [0.3, 0.4) is 0 Å². The SMILES string of the molecule is C=CCCC(C)N=O. The zero-order valence-electron chi connectivity index (χ0n) is 5.13. The van der Waals surface area contributed by atoms with Crippen LogP contribution in [0.2, 0.25) is 0 Å². The molecule has 0 spiro atoms. The Labute approximate surface area is 49.6 Å². The lowest BCUT2D eigenvalue weighted by Gasteiger charge is -1.94. The fourth-order valence-electron chi connectivity index (χ4n) is 0.412. The molecule has 8 heavy (non-hydrogen) atoms. The summed E-state index contributed by atoms with van der Waals surface area (Å²) in [5.74, 6) is 0. The highest BCUT2D eigenvalue weighted by atomic mass is 16.3. The summed E-state index contributed by atoms with van der Waals surface area (Å²) in [4.78, 5) is 9.73. The molecule has 0 saturated heterocycles. The Morgan fingerprint density at radius 3 is 2.88 bits per heavy atom. The summed E-state index contributed by atoms with van der Waals surface area (Å²) in [6.45, 7) is 5.33. The number of hydrogen-bond donors (Lipinski definition) is 0. The van der Waals surface area contributed by atoms with E-state index in [0.29, 0.717) is 0 Å². The van der Waals surface area contributed by atoms with E-state index in [4.69, 9.17) is 0 Å². The Kier molecular flexibility index (Phi) is 4.13. The largest absolute Gasteiger partial charge is 0.151 e. The van der Waals surface area contributed by atoms with E-state index in [1.54, 1.807) is 13.0 Å². The molecule has 46 valence electrons. The molecule has 0 aromatic heterocycles. The fourth-order valence-corrected chi connectivity index (χ4v) is 0.412. The molecule has 2 heteroatoms. The molecule has 0 N–H and O–H groups in total. The molecular weight excluding hydrogens is 102 g/mol. The molecule has 0 aliphatic rings. The average molecular weight is 113 g/mol. The molecule has 1 atom stereocenters. The summed E-state index contributed by atoms with van der Waals surface area (Å²) >= 11 is 0. The van der Waals surface area contributed by atoms with Gasteiger partial charge in [-0.1, -0.05) is 11.3 Å². The maximum absolute atomic E-state index is 9.73. The van der Waals surface area contributed by atoms with Crippen molar-refractivity contribution in [2.75, 3.05) is 0 Å². The molecule has 0 amide bonds. The second-order valence-corrected chi connectivity index (χ2v) is 1.82. The van der Waals surface area contributed by atoms with Crippen molar-refractivity contribution >= 4 is 0 Å². The minimum atomic E-state index is -0.0481. The van der Waals surface area contributed by atoms with Crippen LogP contribution in [-0.4, -0.2) is 6.04 Å². The molecule has 0 saturated carbocycles. The lowest BCUT2D eigenvalue weighted by Crippen LogP contribution is -1.93. The molecule has 0 aliphatic carbocycles. The van der Waals surface area contributed by atoms with Crippen LogP contribution in [0.1, 0.15) is 19.8 Å². The van der Waals surface area contributed by atoms with Gasteiger partial charge in [0.05, 0.1) is 6.04 Å². The van der Waals surface area contributed by atoms with E-state index in [2.05, 4.69) is 11.8 Å². The summed E-state index contributed by atoms with van der Waals surface area (Å²) in [7, 11) is 0. The maximum atomic E-state index is 9.73. The van der Waals surface area contributed by atoms with Gasteiger partial charge in [-0.05, 0) is 19.8 Å². The van der Waals surface area contributed by atoms with E-state index in [0.717, 1.165) is 12.8 Å². The minimum absolute atomic E-state index is 0.0481. The molecule has 0 rings (SSSR count). The molecule has 2 nitrogen and oxygen atoms in total. The summed E-state index contributed by atoms with van der Waals surface area (Å²) < 4.78 is 0. The fraction of sp³-hybridized carbons (Fsp3) is 0.667. The standard InChI is InChI=1S/C6H11NO/c1-3-4-5-6(2)7-8/h3,6H,1,4-5H2,2H3. The van der Waals surface area contributed by atoms with E-state index in [1.165, 1.54) is 0 Å². The van der Waals surface area contributed by atoms with E-state index in [9.17, 15) is 4.91 Å². The normalized spacial score (nSPS) is 12.6. The van der Waals surface area contributed by atoms with Crippen LogP contribution in [-0.2, 0) is 0 Å². The van der Waals surface area contributed by atoms with Crippen molar-refractivity contribution in [1.29, 1.82) is 0 Å². The van der Waals surface area contributed by atoms with Crippen LogP contribution in [0, 0.1) is 4.91 Å². The molecule has 0 aromatic carbocycles. The van der Waals surface area contributed by atoms with Crippen molar-refractivity contribution in [1.82, 2.24) is 0 Å². The van der Waals surface area contributed by atoms with E-state index in [1.807, 2.05) is 0 Å². The van der Waals surface area contributed by atoms with Crippen LogP contribution in [0.4, 0.5) is 0 Å². The van der Waals surface area contributed by atoms with Crippen molar-refractivity contribution in [2.45, 2.75) is 25.8 Å². The first-order valence-corrected chi connectivity index (χ1v) is 2.74. The monoisotopic (exact) mass is 113 g/mol. The average Bonchev–Trinajstić information content (AvgIpc) is 1.83. The molecule has 0 fully saturated rings. The molecule has 0 bridgehead atoms. The van der Waals surface area contributed by atoms with Crippen LogP contribution >= 0.6 is 0 Å².